The smallest absolute Gasteiger partial charge is 0.462 e. The topological polar surface area (TPSA) is 155 Å². The van der Waals surface area contributed by atoms with Crippen molar-refractivity contribution in [3.8, 4) is 0 Å². The number of phosphoric acid groups is 1. The Labute approximate surface area is 438 Å². The summed E-state index contributed by atoms with van der Waals surface area (Å²) in [6.07, 6.45) is 62.2. The summed E-state index contributed by atoms with van der Waals surface area (Å²) in [6.45, 7) is 4.34. The van der Waals surface area contributed by atoms with E-state index >= 15 is 0 Å². The van der Waals surface area contributed by atoms with Gasteiger partial charge in [0.1, 0.15) is 12.7 Å². The van der Waals surface area contributed by atoms with Crippen LogP contribution in [0.2, 0.25) is 0 Å². The summed E-state index contributed by atoms with van der Waals surface area (Å²) < 4.78 is 39.4. The fraction of sp³-hybridized carbons (Fsp3) is 0.683. The van der Waals surface area contributed by atoms with E-state index in [-0.39, 0.29) is 25.9 Å². The SMILES string of the molecule is CC/C=C\C/C=C\C/C=C\C/C=C\CCCCCCC(=O)OC(COC(=O)CCCCCCC/C=C\CCCCCC)COP(=O)(O)OCC(CO)OC(=O)CCCCCCC/C=C\C/C=C\C/C=C\CC. The van der Waals surface area contributed by atoms with Crippen LogP contribution in [-0.4, -0.2) is 66.5 Å². The minimum atomic E-state index is -4.76. The number of carbonyl (C=O) groups is 3. The molecule has 0 aromatic rings. The predicted octanol–water partition coefficient (Wildman–Crippen LogP) is 16.5. The molecule has 412 valence electrons. The maximum absolute atomic E-state index is 12.9. The molecule has 11 nitrogen and oxygen atoms in total. The summed E-state index contributed by atoms with van der Waals surface area (Å²) in [4.78, 5) is 48.5. The van der Waals surface area contributed by atoms with Crippen LogP contribution in [0.15, 0.2) is 97.2 Å². The number of esters is 3. The van der Waals surface area contributed by atoms with Crippen LogP contribution >= 0.6 is 7.82 Å². The van der Waals surface area contributed by atoms with E-state index < -0.39 is 57.8 Å². The first-order chi connectivity index (χ1) is 35.2. The largest absolute Gasteiger partial charge is 0.472 e. The van der Waals surface area contributed by atoms with Crippen molar-refractivity contribution in [2.24, 2.45) is 0 Å². The van der Waals surface area contributed by atoms with E-state index in [0.29, 0.717) is 19.3 Å². The highest BCUT2D eigenvalue weighted by Gasteiger charge is 2.28. The molecule has 0 aliphatic rings. The van der Waals surface area contributed by atoms with Crippen LogP contribution < -0.4 is 0 Å². The number of carbonyl (C=O) groups excluding carboxylic acids is 3. The zero-order chi connectivity index (χ0) is 52.7. The Morgan fingerprint density at radius 1 is 0.403 bits per heavy atom. The normalized spacial score (nSPS) is 14.1. The molecule has 0 spiro atoms. The lowest BCUT2D eigenvalue weighted by atomic mass is 10.1. The van der Waals surface area contributed by atoms with Gasteiger partial charge in [-0.15, -0.1) is 0 Å². The molecule has 0 rings (SSSR count). The quantitative estimate of drug-likeness (QED) is 0.0197. The van der Waals surface area contributed by atoms with Crippen molar-refractivity contribution in [3.05, 3.63) is 97.2 Å². The first-order valence-electron chi connectivity index (χ1n) is 28.1. The van der Waals surface area contributed by atoms with Gasteiger partial charge in [0.25, 0.3) is 0 Å². The minimum absolute atomic E-state index is 0.133. The van der Waals surface area contributed by atoms with Gasteiger partial charge in [-0.25, -0.2) is 4.57 Å². The molecule has 0 saturated heterocycles. The first kappa shape index (κ1) is 68.4. The van der Waals surface area contributed by atoms with Crippen molar-refractivity contribution < 1.29 is 52.2 Å². The van der Waals surface area contributed by atoms with Gasteiger partial charge in [0.2, 0.25) is 0 Å². The number of aliphatic hydroxyl groups is 1. The lowest BCUT2D eigenvalue weighted by molar-refractivity contribution is -0.161. The third kappa shape index (κ3) is 51.3. The molecule has 0 heterocycles. The molecule has 0 saturated carbocycles. The molecule has 3 atom stereocenters. The summed E-state index contributed by atoms with van der Waals surface area (Å²) in [5, 5.41) is 9.80. The second-order valence-corrected chi connectivity index (χ2v) is 19.8. The molecule has 0 aliphatic carbocycles. The fourth-order valence-electron chi connectivity index (χ4n) is 7.24. The molecule has 0 fully saturated rings. The average Bonchev–Trinajstić information content (AvgIpc) is 3.37. The van der Waals surface area contributed by atoms with Crippen molar-refractivity contribution in [1.29, 1.82) is 0 Å². The van der Waals surface area contributed by atoms with Gasteiger partial charge in [-0.2, -0.15) is 0 Å². The molecule has 2 N–H and O–H groups in total. The maximum atomic E-state index is 12.9. The van der Waals surface area contributed by atoms with Gasteiger partial charge < -0.3 is 24.2 Å². The number of hydrogen-bond donors (Lipinski definition) is 2. The van der Waals surface area contributed by atoms with Gasteiger partial charge >= 0.3 is 25.7 Å². The van der Waals surface area contributed by atoms with Crippen LogP contribution in [0.3, 0.4) is 0 Å². The Morgan fingerprint density at radius 2 is 0.722 bits per heavy atom. The molecular formula is C60H101O11P. The predicted molar refractivity (Wildman–Crippen MR) is 297 cm³/mol. The number of unbranched alkanes of at least 4 members (excludes halogenated alkanes) is 18. The fourth-order valence-corrected chi connectivity index (χ4v) is 8.02. The van der Waals surface area contributed by atoms with E-state index in [1.54, 1.807) is 0 Å². The Bertz CT molecular complexity index is 1580. The van der Waals surface area contributed by atoms with Gasteiger partial charge in [-0.1, -0.05) is 189 Å². The lowest BCUT2D eigenvalue weighted by Gasteiger charge is -2.21. The van der Waals surface area contributed by atoms with E-state index in [4.69, 9.17) is 23.3 Å². The Hall–Kier alpha value is -3.60. The Balaban J connectivity index is 4.79. The van der Waals surface area contributed by atoms with Crippen molar-refractivity contribution in [1.82, 2.24) is 0 Å². The molecule has 0 bridgehead atoms. The van der Waals surface area contributed by atoms with Crippen LogP contribution in [-0.2, 0) is 42.2 Å². The number of ether oxygens (including phenoxy) is 3. The van der Waals surface area contributed by atoms with Crippen LogP contribution in [0, 0.1) is 0 Å². The molecule has 0 radical (unpaired) electrons. The van der Waals surface area contributed by atoms with E-state index in [1.807, 2.05) is 0 Å². The first-order valence-corrected chi connectivity index (χ1v) is 29.6. The summed E-state index contributed by atoms with van der Waals surface area (Å²) in [5.41, 5.74) is 0. The molecule has 72 heavy (non-hydrogen) atoms. The number of phosphoric ester groups is 1. The molecule has 12 heteroatoms. The van der Waals surface area contributed by atoms with Gasteiger partial charge in [-0.05, 0) is 116 Å². The highest BCUT2D eigenvalue weighted by molar-refractivity contribution is 7.47. The zero-order valence-electron chi connectivity index (χ0n) is 45.4. The molecule has 0 aromatic heterocycles. The van der Waals surface area contributed by atoms with Gasteiger partial charge in [-0.3, -0.25) is 23.4 Å². The van der Waals surface area contributed by atoms with E-state index in [2.05, 4.69) is 118 Å². The Morgan fingerprint density at radius 3 is 1.12 bits per heavy atom. The molecule has 0 amide bonds. The van der Waals surface area contributed by atoms with E-state index in [1.165, 1.54) is 25.7 Å². The van der Waals surface area contributed by atoms with Crippen LogP contribution in [0.5, 0.6) is 0 Å². The third-order valence-electron chi connectivity index (χ3n) is 11.5. The lowest BCUT2D eigenvalue weighted by Crippen LogP contribution is -2.30. The summed E-state index contributed by atoms with van der Waals surface area (Å²) in [7, 11) is -4.76. The third-order valence-corrected chi connectivity index (χ3v) is 12.4. The van der Waals surface area contributed by atoms with Crippen molar-refractivity contribution in [3.63, 3.8) is 0 Å². The highest BCUT2D eigenvalue weighted by atomic mass is 31.2. The summed E-state index contributed by atoms with van der Waals surface area (Å²) >= 11 is 0. The van der Waals surface area contributed by atoms with Crippen LogP contribution in [0.4, 0.5) is 0 Å². The minimum Gasteiger partial charge on any atom is -0.462 e. The van der Waals surface area contributed by atoms with Crippen LogP contribution in [0.1, 0.15) is 226 Å². The van der Waals surface area contributed by atoms with E-state index in [9.17, 15) is 28.9 Å². The van der Waals surface area contributed by atoms with Crippen molar-refractivity contribution in [2.75, 3.05) is 26.4 Å². The van der Waals surface area contributed by atoms with E-state index in [0.717, 1.165) is 141 Å². The number of aliphatic hydroxyl groups excluding tert-OH is 1. The number of hydrogen-bond acceptors (Lipinski definition) is 10. The zero-order valence-corrected chi connectivity index (χ0v) is 46.3. The summed E-state index contributed by atoms with van der Waals surface area (Å²) in [5.74, 6) is -1.53. The van der Waals surface area contributed by atoms with Gasteiger partial charge in [0.05, 0.1) is 19.8 Å². The van der Waals surface area contributed by atoms with Gasteiger partial charge in [0, 0.05) is 19.3 Å². The van der Waals surface area contributed by atoms with Gasteiger partial charge in [0.15, 0.2) is 6.10 Å². The molecule has 3 unspecified atom stereocenters. The second-order valence-electron chi connectivity index (χ2n) is 18.3. The second kappa shape index (κ2) is 53.7. The monoisotopic (exact) mass is 1030 g/mol. The highest BCUT2D eigenvalue weighted by Crippen LogP contribution is 2.43. The van der Waals surface area contributed by atoms with Crippen molar-refractivity contribution >= 4 is 25.7 Å². The average molecular weight is 1030 g/mol. The molecular weight excluding hydrogens is 928 g/mol. The standard InChI is InChI=1S/C60H101O11P/c1-4-7-10-13-16-19-22-25-27-28-30-33-36-39-42-45-48-51-60(64)71-57(53-67-58(62)49-46-43-40-37-34-31-24-21-18-15-12-9-6-3)55-69-72(65,66)68-54-56(52-61)70-59(63)50-47-44-41-38-35-32-29-26-23-20-17-14-11-8-5-2/h7-8,10-11,16-17,19-21,24-27,29-30,33,56-57,61H,4-6,9,12-15,18,22-23,28,31-32,34-55H2,1-3H3,(H,65,66)/b10-7-,11-8-,19-16-,20-17-,24-21-,27-25-,29-26-,33-30-. The molecule has 0 aliphatic heterocycles. The number of allylic oxidation sites excluding steroid dienone is 16. The summed E-state index contributed by atoms with van der Waals surface area (Å²) in [6, 6.07) is 0. The Kier molecular flexibility index (Phi) is 51.0. The van der Waals surface area contributed by atoms with Crippen molar-refractivity contribution in [2.45, 2.75) is 238 Å². The number of rotatable bonds is 51. The molecule has 0 aromatic carbocycles. The van der Waals surface area contributed by atoms with Crippen LogP contribution in [0.25, 0.3) is 0 Å². The maximum Gasteiger partial charge on any atom is 0.472 e.